The van der Waals surface area contributed by atoms with E-state index >= 15 is 0 Å². The molecule has 5 rings (SSSR count). The Balaban J connectivity index is 1.60. The number of carbonyl (C=O) groups excluding carboxylic acids is 1. The first-order chi connectivity index (χ1) is 17.4. The fourth-order valence-electron chi connectivity index (χ4n) is 4.14. The highest BCUT2D eigenvalue weighted by molar-refractivity contribution is 7.11. The minimum Gasteiger partial charge on any atom is -0.466 e. The number of ether oxygens (including phenoxy) is 2. The summed E-state index contributed by atoms with van der Waals surface area (Å²) in [5, 5.41) is 9.57. The third-order valence-corrected chi connectivity index (χ3v) is 6.90. The lowest BCUT2D eigenvalue weighted by Crippen LogP contribution is -2.45. The van der Waals surface area contributed by atoms with Crippen LogP contribution in [0.5, 0.6) is 0 Å². The van der Waals surface area contributed by atoms with Gasteiger partial charge in [-0.1, -0.05) is 22.8 Å². The lowest BCUT2D eigenvalue weighted by atomic mass is 9.95. The van der Waals surface area contributed by atoms with Gasteiger partial charge in [0.05, 0.1) is 31.9 Å². The van der Waals surface area contributed by atoms with Gasteiger partial charge in [0.1, 0.15) is 11.9 Å². The molecule has 1 aromatic carbocycles. The molecule has 4 heterocycles. The molecule has 2 atom stereocenters. The van der Waals surface area contributed by atoms with Gasteiger partial charge in [-0.25, -0.2) is 19.0 Å². The number of halogens is 2. The highest BCUT2D eigenvalue weighted by Crippen LogP contribution is 2.37. The van der Waals surface area contributed by atoms with Crippen LogP contribution in [0.4, 0.5) is 4.39 Å². The summed E-state index contributed by atoms with van der Waals surface area (Å²) in [6.07, 6.45) is 1.64. The van der Waals surface area contributed by atoms with E-state index in [2.05, 4.69) is 25.0 Å². The first-order valence-electron chi connectivity index (χ1n) is 10.8. The molecular formula is C22H20ClFN6O5S. The molecule has 2 N–H and O–H groups in total. The van der Waals surface area contributed by atoms with Gasteiger partial charge >= 0.3 is 11.7 Å². The summed E-state index contributed by atoms with van der Waals surface area (Å²) in [6, 6.07) is 2.61. The highest BCUT2D eigenvalue weighted by atomic mass is 35.5. The molecule has 0 bridgehead atoms. The molecule has 0 amide bonds. The number of nitrogens with one attached hydrogen (secondary N) is 2. The van der Waals surface area contributed by atoms with Crippen LogP contribution in [0.3, 0.4) is 0 Å². The Morgan fingerprint density at radius 2 is 2.28 bits per heavy atom. The predicted octanol–water partition coefficient (Wildman–Crippen LogP) is 2.20. The van der Waals surface area contributed by atoms with Crippen molar-refractivity contribution in [3.8, 4) is 0 Å². The molecule has 1 saturated heterocycles. The maximum Gasteiger partial charge on any atom is 0.438 e. The molecule has 0 aliphatic carbocycles. The van der Waals surface area contributed by atoms with Crippen molar-refractivity contribution in [2.75, 3.05) is 33.4 Å². The molecule has 1 fully saturated rings. The number of methoxy groups -OCH3 is 1. The van der Waals surface area contributed by atoms with Crippen LogP contribution < -0.4 is 11.1 Å². The third kappa shape index (κ3) is 4.82. The van der Waals surface area contributed by atoms with Crippen LogP contribution in [-0.2, 0) is 14.3 Å². The fourth-order valence-corrected chi connectivity index (χ4v) is 4.99. The van der Waals surface area contributed by atoms with E-state index in [9.17, 15) is 14.0 Å². The zero-order chi connectivity index (χ0) is 25.2. The minimum atomic E-state index is -0.882. The van der Waals surface area contributed by atoms with E-state index in [1.54, 1.807) is 11.6 Å². The maximum atomic E-state index is 13.8. The molecule has 3 aromatic rings. The molecule has 0 radical (unpaired) electrons. The van der Waals surface area contributed by atoms with E-state index < -0.39 is 29.6 Å². The molecule has 14 heteroatoms. The van der Waals surface area contributed by atoms with Crippen molar-refractivity contribution in [2.45, 2.75) is 12.1 Å². The molecule has 0 unspecified atom stereocenters. The summed E-state index contributed by atoms with van der Waals surface area (Å²) in [6.45, 7) is 1.38. The second-order valence-electron chi connectivity index (χ2n) is 7.93. The van der Waals surface area contributed by atoms with Gasteiger partial charge in [0, 0.05) is 40.9 Å². The molecule has 11 nitrogen and oxygen atoms in total. The normalized spacial score (nSPS) is 20.7. The number of hydrogen-bond donors (Lipinski definition) is 2. The Morgan fingerprint density at radius 3 is 2.97 bits per heavy atom. The standard InChI is InChI=1S/C22H20ClFN6O5S/c1-33-21(31)16-14(9-30-5-6-34-10-15(30)18-28-22(32)35-29-18)26-19(20-25-4-7-36-20)27-17(16)12-3-2-11(24)8-13(12)23/h2-4,7-8,15,17H,5-6,9-10H2,1H3,(H,26,27)(H,28,29,32)/t15-,17-/m0/s1. The number of amidine groups is 1. The summed E-state index contributed by atoms with van der Waals surface area (Å²) in [4.78, 5) is 38.3. The molecule has 2 aliphatic heterocycles. The molecule has 0 spiro atoms. The van der Waals surface area contributed by atoms with Crippen LogP contribution >= 0.6 is 22.9 Å². The number of aliphatic imine (C=N–C) groups is 1. The van der Waals surface area contributed by atoms with E-state index in [0.717, 1.165) is 0 Å². The van der Waals surface area contributed by atoms with Crippen LogP contribution in [0, 0.1) is 5.82 Å². The summed E-state index contributed by atoms with van der Waals surface area (Å²) in [5.41, 5.74) is 1.14. The molecule has 36 heavy (non-hydrogen) atoms. The minimum absolute atomic E-state index is 0.120. The van der Waals surface area contributed by atoms with Gasteiger partial charge in [0.15, 0.2) is 16.7 Å². The van der Waals surface area contributed by atoms with Crippen molar-refractivity contribution in [3.05, 3.63) is 78.8 Å². The Hall–Kier alpha value is -3.39. The molecular weight excluding hydrogens is 515 g/mol. The second kappa shape index (κ2) is 10.3. The Bertz CT molecular complexity index is 1390. The smallest absolute Gasteiger partial charge is 0.438 e. The van der Waals surface area contributed by atoms with Crippen LogP contribution in [0.2, 0.25) is 5.02 Å². The van der Waals surface area contributed by atoms with Crippen molar-refractivity contribution in [2.24, 2.45) is 4.99 Å². The summed E-state index contributed by atoms with van der Waals surface area (Å²) in [5.74, 6) is -1.07. The topological polar surface area (TPSA) is 135 Å². The van der Waals surface area contributed by atoms with E-state index in [0.29, 0.717) is 41.1 Å². The lowest BCUT2D eigenvalue weighted by molar-refractivity contribution is -0.136. The monoisotopic (exact) mass is 534 g/mol. The summed E-state index contributed by atoms with van der Waals surface area (Å²) in [7, 11) is 1.27. The van der Waals surface area contributed by atoms with Gasteiger partial charge in [0.2, 0.25) is 0 Å². The number of nitrogens with zero attached hydrogens (tertiary/aromatic N) is 4. The van der Waals surface area contributed by atoms with Crippen LogP contribution in [0.25, 0.3) is 0 Å². The van der Waals surface area contributed by atoms with E-state index in [1.165, 1.54) is 36.6 Å². The van der Waals surface area contributed by atoms with Crippen molar-refractivity contribution < 1.29 is 23.2 Å². The Morgan fingerprint density at radius 1 is 1.42 bits per heavy atom. The first kappa shape index (κ1) is 24.3. The fraction of sp³-hybridized carbons (Fsp3) is 0.318. The average molecular weight is 535 g/mol. The van der Waals surface area contributed by atoms with Gasteiger partial charge < -0.3 is 14.8 Å². The number of morpholine rings is 1. The number of carbonyl (C=O) groups is 1. The van der Waals surface area contributed by atoms with Gasteiger partial charge in [-0.05, 0) is 12.1 Å². The Kier molecular flexibility index (Phi) is 6.96. The van der Waals surface area contributed by atoms with Gasteiger partial charge in [-0.3, -0.25) is 19.4 Å². The first-order valence-corrected chi connectivity index (χ1v) is 12.1. The molecule has 2 aliphatic rings. The van der Waals surface area contributed by atoms with E-state index in [1.807, 2.05) is 4.90 Å². The van der Waals surface area contributed by atoms with Gasteiger partial charge in [0.25, 0.3) is 0 Å². The summed E-state index contributed by atoms with van der Waals surface area (Å²) >= 11 is 7.76. The average Bonchev–Trinajstić information content (AvgIpc) is 3.56. The van der Waals surface area contributed by atoms with E-state index in [-0.39, 0.29) is 23.7 Å². The van der Waals surface area contributed by atoms with Crippen molar-refractivity contribution in [3.63, 3.8) is 0 Å². The SMILES string of the molecule is COC(=O)C1=C(CN2CCOC[C@H]2c2noc(=O)[nH]2)NC(c2nccs2)=N[C@H]1c1ccc(F)cc1Cl. The number of aromatic amines is 1. The zero-order valence-electron chi connectivity index (χ0n) is 18.9. The van der Waals surface area contributed by atoms with Crippen LogP contribution in [-0.4, -0.2) is 65.2 Å². The van der Waals surface area contributed by atoms with Crippen molar-refractivity contribution >= 4 is 34.7 Å². The number of thiazole rings is 1. The predicted molar refractivity (Wildman–Crippen MR) is 127 cm³/mol. The van der Waals surface area contributed by atoms with Crippen LogP contribution in [0.15, 0.2) is 55.4 Å². The Labute approximate surface area is 212 Å². The highest BCUT2D eigenvalue weighted by Gasteiger charge is 2.36. The van der Waals surface area contributed by atoms with Gasteiger partial charge in [-0.15, -0.1) is 11.3 Å². The number of rotatable bonds is 6. The molecule has 0 saturated carbocycles. The zero-order valence-corrected chi connectivity index (χ0v) is 20.4. The summed E-state index contributed by atoms with van der Waals surface area (Å²) < 4.78 is 29.2. The number of aromatic nitrogens is 3. The molecule has 2 aromatic heterocycles. The van der Waals surface area contributed by atoms with E-state index in [4.69, 9.17) is 26.1 Å². The third-order valence-electron chi connectivity index (χ3n) is 5.80. The lowest BCUT2D eigenvalue weighted by Gasteiger charge is -2.36. The second-order valence-corrected chi connectivity index (χ2v) is 9.24. The quantitative estimate of drug-likeness (QED) is 0.456. The largest absolute Gasteiger partial charge is 0.466 e. The van der Waals surface area contributed by atoms with Crippen LogP contribution in [0.1, 0.15) is 28.5 Å². The maximum absolute atomic E-state index is 13.8. The van der Waals surface area contributed by atoms with Crippen molar-refractivity contribution in [1.82, 2.24) is 25.3 Å². The molecule has 188 valence electrons. The number of hydrogen-bond acceptors (Lipinski definition) is 11. The number of esters is 1. The van der Waals surface area contributed by atoms with Gasteiger partial charge in [-0.2, -0.15) is 0 Å². The number of benzene rings is 1. The number of H-pyrrole nitrogens is 1. The van der Waals surface area contributed by atoms with Crippen molar-refractivity contribution in [1.29, 1.82) is 0 Å².